The number of phenolic OH excluding ortho intramolecular Hbond substituents is 1. The lowest BCUT2D eigenvalue weighted by molar-refractivity contribution is 0.445. The zero-order valence-corrected chi connectivity index (χ0v) is 16.0. The van der Waals surface area contributed by atoms with E-state index in [9.17, 15) is 31.0 Å². The number of nitrogens with zero attached hydrogens (tertiary/aromatic N) is 5. The van der Waals surface area contributed by atoms with Crippen molar-refractivity contribution in [1.29, 1.82) is 0 Å². The van der Waals surface area contributed by atoms with Crippen LogP contribution in [0, 0.1) is 13.1 Å². The van der Waals surface area contributed by atoms with Crippen molar-refractivity contribution in [2.75, 3.05) is 0 Å². The number of fused-ring (bicyclic) bond motifs is 1. The first-order valence-electron chi connectivity index (χ1n) is 7.47. The Morgan fingerprint density at radius 1 is 1.00 bits per heavy atom. The number of phenols is 1. The van der Waals surface area contributed by atoms with Gasteiger partial charge in [0.05, 0.1) is 4.90 Å². The fraction of sp³-hybridized carbons (Fsp3) is 0. The molecular weight excluding hydrogens is 440 g/mol. The molecule has 0 saturated carbocycles. The number of nitrogens with one attached hydrogen (secondary N) is 1. The number of H-pyrrole nitrogens is 1. The first kappa shape index (κ1) is 20.8. The van der Waals surface area contributed by atoms with E-state index >= 15 is 0 Å². The van der Waals surface area contributed by atoms with Crippen molar-refractivity contribution < 1.29 is 31.0 Å². The standard InChI is InChI=1S/C15H8N6O7S2/c1-16-13-14(17-2)19-15(18-13)21-20-11-9-4-3-8(29(23,24)25)5-7(9)6-10(12(11)22)30(26,27)28/h3-6,22H,(H,18,19)(H,23,24,25)(H,26,27,28). The Bertz CT molecular complexity index is 1490. The third-order valence-corrected chi connectivity index (χ3v) is 5.43. The third kappa shape index (κ3) is 3.81. The van der Waals surface area contributed by atoms with E-state index in [1.54, 1.807) is 0 Å². The molecule has 0 fully saturated rings. The van der Waals surface area contributed by atoms with E-state index < -0.39 is 41.5 Å². The predicted octanol–water partition coefficient (Wildman–Crippen LogP) is 3.28. The van der Waals surface area contributed by atoms with Crippen molar-refractivity contribution >= 4 is 54.3 Å². The second-order valence-corrected chi connectivity index (χ2v) is 8.37. The van der Waals surface area contributed by atoms with Gasteiger partial charge >= 0.3 is 5.95 Å². The molecule has 3 aromatic rings. The zero-order valence-electron chi connectivity index (χ0n) is 14.3. The highest BCUT2D eigenvalue weighted by molar-refractivity contribution is 7.86. The lowest BCUT2D eigenvalue weighted by atomic mass is 10.1. The average Bonchev–Trinajstić information content (AvgIpc) is 3.07. The summed E-state index contributed by atoms with van der Waals surface area (Å²) < 4.78 is 64.4. The van der Waals surface area contributed by atoms with Crippen LogP contribution in [0.25, 0.3) is 20.5 Å². The molecule has 0 aliphatic carbocycles. The van der Waals surface area contributed by atoms with Gasteiger partial charge in [-0.25, -0.2) is 0 Å². The summed E-state index contributed by atoms with van der Waals surface area (Å²) in [6.07, 6.45) is 0. The van der Waals surface area contributed by atoms with Gasteiger partial charge in [0.2, 0.25) is 0 Å². The molecule has 0 amide bonds. The molecule has 152 valence electrons. The number of hydrogen-bond donors (Lipinski definition) is 4. The largest absolute Gasteiger partial charge is 0.504 e. The van der Waals surface area contributed by atoms with Crippen molar-refractivity contribution in [3.05, 3.63) is 47.1 Å². The van der Waals surface area contributed by atoms with Gasteiger partial charge in [-0.05, 0) is 23.6 Å². The molecule has 0 spiro atoms. The van der Waals surface area contributed by atoms with Gasteiger partial charge in [0.1, 0.15) is 10.6 Å². The summed E-state index contributed by atoms with van der Waals surface area (Å²) in [5, 5.41) is 17.5. The molecule has 0 aliphatic rings. The van der Waals surface area contributed by atoms with Crippen LogP contribution < -0.4 is 0 Å². The predicted molar refractivity (Wildman–Crippen MR) is 101 cm³/mol. The lowest BCUT2D eigenvalue weighted by Crippen LogP contribution is -2.00. The maximum Gasteiger partial charge on any atom is 0.414 e. The molecule has 15 heteroatoms. The Morgan fingerprint density at radius 3 is 2.23 bits per heavy atom. The van der Waals surface area contributed by atoms with Crippen molar-refractivity contribution in [2.45, 2.75) is 9.79 Å². The topological polar surface area (TPSA) is 191 Å². The summed E-state index contributed by atoms with van der Waals surface area (Å²) in [7, 11) is -9.58. The molecule has 4 N–H and O–H groups in total. The summed E-state index contributed by atoms with van der Waals surface area (Å²) in [5.74, 6) is -1.78. The fourth-order valence-corrected chi connectivity index (χ4v) is 3.56. The molecule has 0 radical (unpaired) electrons. The van der Waals surface area contributed by atoms with Crippen LogP contribution >= 0.6 is 0 Å². The number of aromatic amines is 1. The van der Waals surface area contributed by atoms with Crippen molar-refractivity contribution in [1.82, 2.24) is 9.97 Å². The lowest BCUT2D eigenvalue weighted by Gasteiger charge is -2.09. The molecule has 30 heavy (non-hydrogen) atoms. The summed E-state index contributed by atoms with van der Waals surface area (Å²) in [5.41, 5.74) is -0.480. The number of aromatic nitrogens is 2. The Hall–Kier alpha value is -3.89. The Kier molecular flexibility index (Phi) is 4.98. The first-order valence-corrected chi connectivity index (χ1v) is 10.3. The number of azo groups is 1. The summed E-state index contributed by atoms with van der Waals surface area (Å²) in [6.45, 7) is 13.9. The molecule has 1 aromatic heterocycles. The van der Waals surface area contributed by atoms with Crippen LogP contribution in [0.4, 0.5) is 23.3 Å². The minimum Gasteiger partial charge on any atom is -0.504 e. The highest BCUT2D eigenvalue weighted by atomic mass is 32.2. The van der Waals surface area contributed by atoms with Crippen LogP contribution in [0.2, 0.25) is 0 Å². The molecule has 0 atom stereocenters. The number of hydrogen-bond acceptors (Lipinski definition) is 8. The number of imidazole rings is 1. The second-order valence-electron chi connectivity index (χ2n) is 5.56. The zero-order chi connectivity index (χ0) is 22.3. The SMILES string of the molecule is [C-]#[N+]c1nc(N=Nc2c(O)c(S(=O)(=O)O)cc3cc(S(=O)(=O)O)ccc23)[nH]c1[N+]#[C-]. The first-order chi connectivity index (χ1) is 14.0. The normalized spacial score (nSPS) is 12.1. The van der Waals surface area contributed by atoms with Gasteiger partial charge in [-0.15, -0.1) is 5.11 Å². The molecule has 0 unspecified atom stereocenters. The van der Waals surface area contributed by atoms with E-state index in [0.29, 0.717) is 0 Å². The van der Waals surface area contributed by atoms with Crippen LogP contribution in [0.1, 0.15) is 0 Å². The smallest absolute Gasteiger partial charge is 0.414 e. The van der Waals surface area contributed by atoms with Crippen molar-refractivity contribution in [3.8, 4) is 5.75 Å². The molecule has 1 heterocycles. The second kappa shape index (κ2) is 7.17. The highest BCUT2D eigenvalue weighted by Gasteiger charge is 2.23. The summed E-state index contributed by atoms with van der Waals surface area (Å²) >= 11 is 0. The van der Waals surface area contributed by atoms with E-state index in [-0.39, 0.29) is 28.4 Å². The molecule has 0 bridgehead atoms. The quantitative estimate of drug-likeness (QED) is 0.265. The summed E-state index contributed by atoms with van der Waals surface area (Å²) in [6, 6.07) is 3.79. The van der Waals surface area contributed by atoms with E-state index in [1.807, 2.05) is 0 Å². The van der Waals surface area contributed by atoms with Crippen molar-refractivity contribution in [2.24, 2.45) is 10.2 Å². The van der Waals surface area contributed by atoms with Crippen LogP contribution in [0.3, 0.4) is 0 Å². The Balaban J connectivity index is 2.29. The summed E-state index contributed by atoms with van der Waals surface area (Å²) in [4.78, 5) is 10.6. The molecule has 3 rings (SSSR count). The van der Waals surface area contributed by atoms with Crippen LogP contribution in [-0.2, 0) is 20.2 Å². The van der Waals surface area contributed by atoms with Gasteiger partial charge in [-0.3, -0.25) is 14.1 Å². The number of rotatable bonds is 4. The monoisotopic (exact) mass is 448 g/mol. The van der Waals surface area contributed by atoms with Crippen molar-refractivity contribution in [3.63, 3.8) is 0 Å². The van der Waals surface area contributed by atoms with Gasteiger partial charge in [0, 0.05) is 5.39 Å². The van der Waals surface area contributed by atoms with E-state index in [2.05, 4.69) is 29.9 Å². The van der Waals surface area contributed by atoms with E-state index in [4.69, 9.17) is 13.1 Å². The molecule has 2 aromatic carbocycles. The van der Waals surface area contributed by atoms with E-state index in [1.165, 1.54) is 0 Å². The van der Waals surface area contributed by atoms with Gasteiger partial charge in [-0.2, -0.15) is 16.8 Å². The average molecular weight is 448 g/mol. The maximum atomic E-state index is 11.6. The van der Waals surface area contributed by atoms with Crippen LogP contribution in [-0.4, -0.2) is 41.0 Å². The molecule has 13 nitrogen and oxygen atoms in total. The molecule has 0 aliphatic heterocycles. The van der Waals surface area contributed by atoms with Gasteiger partial charge in [-0.1, -0.05) is 29.3 Å². The van der Waals surface area contributed by atoms with E-state index in [0.717, 1.165) is 24.3 Å². The van der Waals surface area contributed by atoms with Crippen LogP contribution in [0.5, 0.6) is 5.75 Å². The number of benzene rings is 2. The maximum absolute atomic E-state index is 11.6. The fourth-order valence-electron chi connectivity index (χ4n) is 2.43. The molecular formula is C15H8N6O7S2. The van der Waals surface area contributed by atoms with Gasteiger partial charge in [0.15, 0.2) is 5.75 Å². The van der Waals surface area contributed by atoms with Gasteiger partial charge < -0.3 is 14.8 Å². The Morgan fingerprint density at radius 2 is 1.70 bits per heavy atom. The highest BCUT2D eigenvalue weighted by Crippen LogP contribution is 2.42. The van der Waals surface area contributed by atoms with Gasteiger partial charge in [0.25, 0.3) is 31.9 Å². The number of aromatic hydroxyl groups is 1. The van der Waals surface area contributed by atoms with Crippen LogP contribution in [0.15, 0.2) is 44.3 Å². The third-order valence-electron chi connectivity index (χ3n) is 3.71. The minimum atomic E-state index is -4.96. The minimum absolute atomic E-state index is 0.0124. The Labute approximate surface area is 168 Å². The molecule has 0 saturated heterocycles.